The van der Waals surface area contributed by atoms with Crippen LogP contribution in [-0.2, 0) is 26.2 Å². The van der Waals surface area contributed by atoms with Crippen molar-refractivity contribution in [3.63, 3.8) is 0 Å². The number of benzene rings is 2. The molecule has 2 aliphatic heterocycles. The second-order valence-corrected chi connectivity index (χ2v) is 9.06. The molecule has 0 aromatic heterocycles. The van der Waals surface area contributed by atoms with Crippen molar-refractivity contribution < 1.29 is 27.7 Å². The van der Waals surface area contributed by atoms with Crippen molar-refractivity contribution in [1.82, 2.24) is 4.31 Å². The number of nitrogens with zero attached hydrogens (tertiary/aromatic N) is 3. The third-order valence-electron chi connectivity index (χ3n) is 5.42. The Bertz CT molecular complexity index is 1080. The Morgan fingerprint density at radius 1 is 1.10 bits per heavy atom. The van der Waals surface area contributed by atoms with Crippen LogP contribution in [0.25, 0.3) is 0 Å². The molecule has 2 heterocycles. The average molecular weight is 432 g/mol. The van der Waals surface area contributed by atoms with Gasteiger partial charge in [0.15, 0.2) is 7.11 Å². The van der Waals surface area contributed by atoms with Crippen LogP contribution in [-0.4, -0.2) is 50.0 Å². The molecule has 30 heavy (non-hydrogen) atoms. The van der Waals surface area contributed by atoms with E-state index < -0.39 is 16.1 Å². The van der Waals surface area contributed by atoms with Crippen molar-refractivity contribution in [2.24, 2.45) is 0 Å². The summed E-state index contributed by atoms with van der Waals surface area (Å²) >= 11 is 0. The molecule has 1 fully saturated rings. The van der Waals surface area contributed by atoms with Crippen LogP contribution in [0.3, 0.4) is 0 Å². The van der Waals surface area contributed by atoms with Gasteiger partial charge in [0.2, 0.25) is 10.0 Å². The van der Waals surface area contributed by atoms with Gasteiger partial charge in [0.25, 0.3) is 4.92 Å². The third kappa shape index (κ3) is 3.63. The molecule has 0 radical (unpaired) electrons. The van der Waals surface area contributed by atoms with Crippen molar-refractivity contribution in [2.75, 3.05) is 25.1 Å². The fraction of sp³-hybridized carbons (Fsp3) is 0.350. The number of amides is 1. The summed E-state index contributed by atoms with van der Waals surface area (Å²) in [6.07, 6.45) is 0.556. The Labute approximate surface area is 174 Å². The molecular weight excluding hydrogens is 410 g/mol. The fourth-order valence-corrected chi connectivity index (χ4v) is 5.38. The molecule has 2 aliphatic rings. The monoisotopic (exact) mass is 432 g/mol. The van der Waals surface area contributed by atoms with E-state index in [1.165, 1.54) is 35.7 Å². The summed E-state index contributed by atoms with van der Waals surface area (Å²) in [7, 11) is -2.57. The number of anilines is 1. The lowest BCUT2D eigenvalue weighted by molar-refractivity contribution is -0.736. The number of piperidine rings is 1. The standard InChI is InChI=1S/C20H22N3O6S/c1-28-23(25)17-6-4-7-18(13-17)30(26,27)21-11-9-16(10-12-21)22-19-8-3-2-5-15(19)14-29-20(22)24/h2-8,13,16H,9-12,14H2,1H3/q+1. The van der Waals surface area contributed by atoms with Gasteiger partial charge in [0.1, 0.15) is 6.61 Å². The van der Waals surface area contributed by atoms with Crippen LogP contribution >= 0.6 is 0 Å². The summed E-state index contributed by atoms with van der Waals surface area (Å²) in [6.45, 7) is 0.760. The first-order chi connectivity index (χ1) is 14.4. The van der Waals surface area contributed by atoms with Gasteiger partial charge in [0.05, 0.1) is 15.5 Å². The van der Waals surface area contributed by atoms with Gasteiger partial charge in [-0.2, -0.15) is 4.31 Å². The average Bonchev–Trinajstić information content (AvgIpc) is 2.78. The molecule has 0 N–H and O–H groups in total. The number of hydrogen-bond acceptors (Lipinski definition) is 6. The van der Waals surface area contributed by atoms with Gasteiger partial charge < -0.3 is 4.74 Å². The second kappa shape index (κ2) is 8.04. The number of carbonyl (C=O) groups is 1. The van der Waals surface area contributed by atoms with E-state index >= 15 is 0 Å². The number of sulfonamides is 1. The predicted octanol–water partition coefficient (Wildman–Crippen LogP) is 2.97. The first kappa shape index (κ1) is 20.3. The van der Waals surface area contributed by atoms with Crippen molar-refractivity contribution in [1.29, 1.82) is 0 Å². The Hall–Kier alpha value is -2.98. The normalized spacial score (nSPS) is 17.9. The van der Waals surface area contributed by atoms with E-state index in [9.17, 15) is 18.1 Å². The zero-order valence-corrected chi connectivity index (χ0v) is 17.2. The number of carbonyl (C=O) groups excluding carboxylic acids is 1. The van der Waals surface area contributed by atoms with Gasteiger partial charge in [-0.1, -0.05) is 24.3 Å². The Balaban J connectivity index is 1.51. The Kier molecular flexibility index (Phi) is 5.44. The maximum atomic E-state index is 13.1. The van der Waals surface area contributed by atoms with E-state index in [0.717, 1.165) is 11.3 Å². The number of ether oxygens (including phenoxy) is 1. The van der Waals surface area contributed by atoms with Gasteiger partial charge in [-0.3, -0.25) is 4.90 Å². The number of hydrogen-bond donors (Lipinski definition) is 0. The SMILES string of the molecule is CO[N+](=O)c1cccc(S(=O)(=O)N2CCC(N3C(=O)OCc4ccccc43)CC2)c1. The van der Waals surface area contributed by atoms with Gasteiger partial charge in [-0.05, 0) is 25.0 Å². The van der Waals surface area contributed by atoms with Crippen molar-refractivity contribution in [3.8, 4) is 0 Å². The van der Waals surface area contributed by atoms with Gasteiger partial charge in [-0.15, -0.1) is 0 Å². The van der Waals surface area contributed by atoms with Crippen molar-refractivity contribution in [2.45, 2.75) is 30.4 Å². The molecule has 9 nitrogen and oxygen atoms in total. The minimum absolute atomic E-state index is 0.0269. The van der Waals surface area contributed by atoms with E-state index in [0.29, 0.717) is 12.8 Å². The molecule has 0 spiro atoms. The van der Waals surface area contributed by atoms with Crippen LogP contribution < -0.4 is 4.90 Å². The maximum Gasteiger partial charge on any atom is 0.414 e. The number of cyclic esters (lactones) is 1. The minimum atomic E-state index is -3.78. The molecule has 2 aromatic rings. The predicted molar refractivity (Wildman–Crippen MR) is 108 cm³/mol. The highest BCUT2D eigenvalue weighted by atomic mass is 32.2. The van der Waals surface area contributed by atoms with Crippen LogP contribution in [0.4, 0.5) is 16.2 Å². The van der Waals surface area contributed by atoms with Crippen LogP contribution in [0.15, 0.2) is 53.4 Å². The van der Waals surface area contributed by atoms with Crippen LogP contribution in [0.2, 0.25) is 0 Å². The first-order valence-corrected chi connectivity index (χ1v) is 11.0. The quantitative estimate of drug-likeness (QED) is 0.674. The van der Waals surface area contributed by atoms with E-state index in [1.54, 1.807) is 4.90 Å². The minimum Gasteiger partial charge on any atom is -0.444 e. The molecule has 10 heteroatoms. The molecule has 0 saturated carbocycles. The highest BCUT2D eigenvalue weighted by molar-refractivity contribution is 7.89. The lowest BCUT2D eigenvalue weighted by atomic mass is 10.0. The molecule has 1 amide bonds. The summed E-state index contributed by atoms with van der Waals surface area (Å²) in [5.74, 6) is 0. The van der Waals surface area contributed by atoms with Gasteiger partial charge in [-0.25, -0.2) is 18.0 Å². The molecular formula is C20H22N3O6S+. The molecule has 158 valence electrons. The molecule has 0 unspecified atom stereocenters. The van der Waals surface area contributed by atoms with E-state index in [2.05, 4.69) is 4.84 Å². The number of rotatable bonds is 5. The summed E-state index contributed by atoms with van der Waals surface area (Å²) in [6, 6.07) is 13.1. The van der Waals surface area contributed by atoms with Crippen LogP contribution in [0.1, 0.15) is 18.4 Å². The maximum absolute atomic E-state index is 13.1. The number of fused-ring (bicyclic) bond motifs is 1. The van der Waals surface area contributed by atoms with E-state index in [4.69, 9.17) is 4.74 Å². The van der Waals surface area contributed by atoms with Gasteiger partial charge >= 0.3 is 11.8 Å². The summed E-state index contributed by atoms with van der Waals surface area (Å²) < 4.78 is 32.8. The van der Waals surface area contributed by atoms with E-state index in [-0.39, 0.29) is 41.2 Å². The molecule has 4 rings (SSSR count). The third-order valence-corrected chi connectivity index (χ3v) is 7.31. The lowest BCUT2D eigenvalue weighted by Crippen LogP contribution is -2.50. The molecule has 1 saturated heterocycles. The molecule has 0 atom stereocenters. The first-order valence-electron chi connectivity index (χ1n) is 9.57. The Morgan fingerprint density at radius 3 is 2.57 bits per heavy atom. The van der Waals surface area contributed by atoms with Crippen molar-refractivity contribution >= 4 is 27.5 Å². The van der Waals surface area contributed by atoms with E-state index in [1.807, 2.05) is 24.3 Å². The fourth-order valence-electron chi connectivity index (χ4n) is 3.87. The largest absolute Gasteiger partial charge is 0.444 e. The Morgan fingerprint density at radius 2 is 1.83 bits per heavy atom. The smallest absolute Gasteiger partial charge is 0.414 e. The highest BCUT2D eigenvalue weighted by Gasteiger charge is 2.37. The summed E-state index contributed by atoms with van der Waals surface area (Å²) in [5.41, 5.74) is 1.85. The molecule has 0 bridgehead atoms. The van der Waals surface area contributed by atoms with Crippen molar-refractivity contribution in [3.05, 3.63) is 59.0 Å². The molecule has 0 aliphatic carbocycles. The lowest BCUT2D eigenvalue weighted by Gasteiger charge is -2.39. The van der Waals surface area contributed by atoms with Gasteiger partial charge in [0, 0.05) is 36.8 Å². The summed E-state index contributed by atoms with van der Waals surface area (Å²) in [4.78, 5) is 30.6. The molecule has 2 aromatic carbocycles. The number of para-hydroxylation sites is 1. The van der Waals surface area contributed by atoms with Crippen LogP contribution in [0.5, 0.6) is 0 Å². The summed E-state index contributed by atoms with van der Waals surface area (Å²) in [5, 5.41) is 0. The topological polar surface area (TPSA) is 96.2 Å². The zero-order chi connectivity index (χ0) is 21.3. The second-order valence-electron chi connectivity index (χ2n) is 7.13. The zero-order valence-electron chi connectivity index (χ0n) is 16.4. The highest BCUT2D eigenvalue weighted by Crippen LogP contribution is 2.33. The van der Waals surface area contributed by atoms with Crippen LogP contribution in [0, 0.1) is 4.91 Å².